The maximum atomic E-state index is 10.9. The SMILES string of the molecule is COCCN(CCO)c1cc(OC)cc([N+](=O)[O-])c1. The number of aliphatic hydroxyl groups is 1. The van der Waals surface area contributed by atoms with Crippen molar-refractivity contribution in [3.8, 4) is 5.75 Å². The molecule has 0 spiro atoms. The molecule has 1 N–H and O–H groups in total. The fourth-order valence-electron chi connectivity index (χ4n) is 1.67. The highest BCUT2D eigenvalue weighted by molar-refractivity contribution is 5.58. The number of non-ortho nitro benzene ring substituents is 1. The van der Waals surface area contributed by atoms with Crippen LogP contribution in [0.5, 0.6) is 5.75 Å². The molecule has 0 unspecified atom stereocenters. The summed E-state index contributed by atoms with van der Waals surface area (Å²) in [5, 5.41) is 19.9. The summed E-state index contributed by atoms with van der Waals surface area (Å²) in [6.07, 6.45) is 0. The highest BCUT2D eigenvalue weighted by Gasteiger charge is 2.14. The predicted molar refractivity (Wildman–Crippen MR) is 70.8 cm³/mol. The zero-order valence-corrected chi connectivity index (χ0v) is 11.0. The van der Waals surface area contributed by atoms with E-state index in [2.05, 4.69) is 0 Å². The number of aliphatic hydroxyl groups excluding tert-OH is 1. The Hall–Kier alpha value is -1.86. The van der Waals surface area contributed by atoms with Crippen molar-refractivity contribution in [2.45, 2.75) is 0 Å². The van der Waals surface area contributed by atoms with Crippen molar-refractivity contribution in [2.24, 2.45) is 0 Å². The lowest BCUT2D eigenvalue weighted by Gasteiger charge is -2.23. The van der Waals surface area contributed by atoms with E-state index in [1.54, 1.807) is 18.1 Å². The van der Waals surface area contributed by atoms with Gasteiger partial charge in [0.2, 0.25) is 0 Å². The largest absolute Gasteiger partial charge is 0.496 e. The number of methoxy groups -OCH3 is 2. The van der Waals surface area contributed by atoms with Gasteiger partial charge >= 0.3 is 0 Å². The van der Waals surface area contributed by atoms with Gasteiger partial charge in [0, 0.05) is 38.0 Å². The van der Waals surface area contributed by atoms with Crippen LogP contribution in [0.25, 0.3) is 0 Å². The number of hydrogen-bond donors (Lipinski definition) is 1. The van der Waals surface area contributed by atoms with E-state index in [0.29, 0.717) is 31.1 Å². The van der Waals surface area contributed by atoms with E-state index < -0.39 is 4.92 Å². The minimum absolute atomic E-state index is 0.0466. The number of ether oxygens (including phenoxy) is 2. The Morgan fingerprint density at radius 3 is 2.58 bits per heavy atom. The molecule has 0 bridgehead atoms. The third-order valence-corrected chi connectivity index (χ3v) is 2.62. The minimum Gasteiger partial charge on any atom is -0.496 e. The third-order valence-electron chi connectivity index (χ3n) is 2.62. The van der Waals surface area contributed by atoms with Crippen LogP contribution in [-0.4, -0.2) is 50.6 Å². The Bertz CT molecular complexity index is 425. The van der Waals surface area contributed by atoms with E-state index in [-0.39, 0.29) is 12.3 Å². The molecule has 1 rings (SSSR count). The number of nitro benzene ring substituents is 1. The van der Waals surface area contributed by atoms with Crippen LogP contribution in [-0.2, 0) is 4.74 Å². The van der Waals surface area contributed by atoms with E-state index in [1.807, 2.05) is 0 Å². The zero-order valence-electron chi connectivity index (χ0n) is 11.0. The first kappa shape index (κ1) is 15.2. The van der Waals surface area contributed by atoms with Gasteiger partial charge in [0.15, 0.2) is 0 Å². The number of nitro groups is 1. The summed E-state index contributed by atoms with van der Waals surface area (Å²) in [7, 11) is 3.03. The van der Waals surface area contributed by atoms with Crippen molar-refractivity contribution in [3.63, 3.8) is 0 Å². The third kappa shape index (κ3) is 4.38. The van der Waals surface area contributed by atoms with E-state index in [1.165, 1.54) is 19.2 Å². The smallest absolute Gasteiger partial charge is 0.275 e. The Balaban J connectivity index is 3.05. The Labute approximate surface area is 111 Å². The average Bonchev–Trinajstić information content (AvgIpc) is 2.42. The summed E-state index contributed by atoms with van der Waals surface area (Å²) >= 11 is 0. The molecule has 0 aliphatic carbocycles. The molecule has 1 aromatic rings. The zero-order chi connectivity index (χ0) is 14.3. The van der Waals surface area contributed by atoms with Crippen molar-refractivity contribution >= 4 is 11.4 Å². The first-order valence-electron chi connectivity index (χ1n) is 5.80. The van der Waals surface area contributed by atoms with Gasteiger partial charge < -0.3 is 19.5 Å². The maximum absolute atomic E-state index is 10.9. The van der Waals surface area contributed by atoms with Crippen molar-refractivity contribution in [1.82, 2.24) is 0 Å². The summed E-state index contributed by atoms with van der Waals surface area (Å²) < 4.78 is 10.0. The van der Waals surface area contributed by atoms with Crippen LogP contribution in [0.4, 0.5) is 11.4 Å². The van der Waals surface area contributed by atoms with Gasteiger partial charge in [0.25, 0.3) is 5.69 Å². The summed E-state index contributed by atoms with van der Waals surface area (Å²) in [6, 6.07) is 4.50. The van der Waals surface area contributed by atoms with Crippen molar-refractivity contribution in [2.75, 3.05) is 45.4 Å². The molecule has 19 heavy (non-hydrogen) atoms. The first-order valence-corrected chi connectivity index (χ1v) is 5.80. The molecule has 0 aromatic heterocycles. The van der Waals surface area contributed by atoms with Gasteiger partial charge in [-0.2, -0.15) is 0 Å². The second-order valence-electron chi connectivity index (χ2n) is 3.85. The molecule has 0 saturated carbocycles. The highest BCUT2D eigenvalue weighted by atomic mass is 16.6. The lowest BCUT2D eigenvalue weighted by Crippen LogP contribution is -2.30. The molecule has 1 aromatic carbocycles. The predicted octanol–water partition coefficient (Wildman–Crippen LogP) is 1.05. The summed E-state index contributed by atoms with van der Waals surface area (Å²) in [4.78, 5) is 12.2. The maximum Gasteiger partial charge on any atom is 0.275 e. The van der Waals surface area contributed by atoms with Gasteiger partial charge in [-0.3, -0.25) is 10.1 Å². The molecule has 0 saturated heterocycles. The fourth-order valence-corrected chi connectivity index (χ4v) is 1.67. The molecule has 0 atom stereocenters. The molecule has 0 aliphatic rings. The summed E-state index contributed by atoms with van der Waals surface area (Å²) in [5.74, 6) is 0.407. The van der Waals surface area contributed by atoms with Gasteiger partial charge in [-0.15, -0.1) is 0 Å². The second kappa shape index (κ2) is 7.55. The van der Waals surface area contributed by atoms with Gasteiger partial charge in [-0.05, 0) is 0 Å². The Kier molecular flexibility index (Phi) is 6.04. The lowest BCUT2D eigenvalue weighted by atomic mass is 10.2. The van der Waals surface area contributed by atoms with Crippen LogP contribution in [0.15, 0.2) is 18.2 Å². The Morgan fingerprint density at radius 1 is 1.32 bits per heavy atom. The van der Waals surface area contributed by atoms with Crippen molar-refractivity contribution in [1.29, 1.82) is 0 Å². The number of anilines is 1. The van der Waals surface area contributed by atoms with E-state index in [0.717, 1.165) is 0 Å². The molecule has 7 nitrogen and oxygen atoms in total. The summed E-state index contributed by atoms with van der Waals surface area (Å²) in [5.41, 5.74) is 0.576. The number of hydrogen-bond acceptors (Lipinski definition) is 6. The van der Waals surface area contributed by atoms with Gasteiger partial charge in [-0.1, -0.05) is 0 Å². The normalized spacial score (nSPS) is 10.3. The van der Waals surface area contributed by atoms with Gasteiger partial charge in [-0.25, -0.2) is 0 Å². The monoisotopic (exact) mass is 270 g/mol. The quantitative estimate of drug-likeness (QED) is 0.561. The molecule has 0 aliphatic heterocycles. The Morgan fingerprint density at radius 2 is 2.05 bits per heavy atom. The number of nitrogens with zero attached hydrogens (tertiary/aromatic N) is 2. The molecular weight excluding hydrogens is 252 g/mol. The van der Waals surface area contributed by atoms with E-state index in [9.17, 15) is 10.1 Å². The topological polar surface area (TPSA) is 85.1 Å². The van der Waals surface area contributed by atoms with Gasteiger partial charge in [0.1, 0.15) is 5.75 Å². The molecule has 0 fully saturated rings. The lowest BCUT2D eigenvalue weighted by molar-refractivity contribution is -0.384. The molecular formula is C12H18N2O5. The van der Waals surface area contributed by atoms with Crippen molar-refractivity contribution in [3.05, 3.63) is 28.3 Å². The summed E-state index contributed by atoms with van der Waals surface area (Å²) in [6.45, 7) is 1.31. The highest BCUT2D eigenvalue weighted by Crippen LogP contribution is 2.28. The molecule has 7 heteroatoms. The first-order chi connectivity index (χ1) is 9.12. The number of rotatable bonds is 8. The van der Waals surface area contributed by atoms with E-state index in [4.69, 9.17) is 14.6 Å². The second-order valence-corrected chi connectivity index (χ2v) is 3.85. The van der Waals surface area contributed by atoms with Crippen molar-refractivity contribution < 1.29 is 19.5 Å². The van der Waals surface area contributed by atoms with Crippen LogP contribution < -0.4 is 9.64 Å². The molecule has 106 valence electrons. The molecule has 0 radical (unpaired) electrons. The van der Waals surface area contributed by atoms with Crippen LogP contribution >= 0.6 is 0 Å². The average molecular weight is 270 g/mol. The fraction of sp³-hybridized carbons (Fsp3) is 0.500. The van der Waals surface area contributed by atoms with E-state index >= 15 is 0 Å². The van der Waals surface area contributed by atoms with Crippen LogP contribution in [0.1, 0.15) is 0 Å². The molecule has 0 heterocycles. The minimum atomic E-state index is -0.473. The van der Waals surface area contributed by atoms with Crippen LogP contribution in [0.3, 0.4) is 0 Å². The number of benzene rings is 1. The van der Waals surface area contributed by atoms with Crippen LogP contribution in [0.2, 0.25) is 0 Å². The van der Waals surface area contributed by atoms with Crippen LogP contribution in [0, 0.1) is 10.1 Å². The standard InChI is InChI=1S/C12H18N2O5/c1-18-6-4-13(3-5-15)10-7-11(14(16)17)9-12(8-10)19-2/h7-9,15H,3-6H2,1-2H3. The molecule has 0 amide bonds. The van der Waals surface area contributed by atoms with Gasteiger partial charge in [0.05, 0.1) is 31.3 Å².